The Morgan fingerprint density at radius 3 is 2.50 bits per heavy atom. The molecule has 0 amide bonds. The van der Waals surface area contributed by atoms with Gasteiger partial charge in [-0.25, -0.2) is 0 Å². The van der Waals surface area contributed by atoms with E-state index in [9.17, 15) is 0 Å². The molecule has 1 heterocycles. The summed E-state index contributed by atoms with van der Waals surface area (Å²) >= 11 is 0. The fourth-order valence-corrected chi connectivity index (χ4v) is 3.64. The van der Waals surface area contributed by atoms with Crippen molar-refractivity contribution in [2.75, 3.05) is 40.3 Å². The Balaban J connectivity index is 1.57. The molecule has 1 N–H and O–H groups in total. The zero-order valence-corrected chi connectivity index (χ0v) is 12.5. The van der Waals surface area contributed by atoms with Crippen molar-refractivity contribution >= 4 is 0 Å². The van der Waals surface area contributed by atoms with Crippen LogP contribution in [-0.2, 0) is 0 Å². The van der Waals surface area contributed by atoms with E-state index in [1.54, 1.807) is 0 Å². The minimum atomic E-state index is 0.757. The van der Waals surface area contributed by atoms with Crippen molar-refractivity contribution in [3.63, 3.8) is 0 Å². The topological polar surface area (TPSA) is 18.5 Å². The summed E-state index contributed by atoms with van der Waals surface area (Å²) < 4.78 is 0. The van der Waals surface area contributed by atoms with Crippen molar-refractivity contribution in [3.8, 4) is 0 Å². The molecule has 3 nitrogen and oxygen atoms in total. The molecule has 1 aliphatic heterocycles. The average molecular weight is 253 g/mol. The molecule has 2 unspecified atom stereocenters. The second kappa shape index (κ2) is 6.88. The van der Waals surface area contributed by atoms with Gasteiger partial charge in [0, 0.05) is 25.2 Å². The molecule has 0 radical (unpaired) electrons. The fraction of sp³-hybridized carbons (Fsp3) is 1.00. The van der Waals surface area contributed by atoms with E-state index in [2.05, 4.69) is 36.1 Å². The average Bonchev–Trinajstić information content (AvgIpc) is 2.94. The van der Waals surface area contributed by atoms with Gasteiger partial charge in [-0.15, -0.1) is 0 Å². The summed E-state index contributed by atoms with van der Waals surface area (Å²) in [6, 6.07) is 1.59. The van der Waals surface area contributed by atoms with E-state index in [1.165, 1.54) is 58.3 Å². The van der Waals surface area contributed by atoms with Crippen molar-refractivity contribution in [2.45, 2.75) is 51.1 Å². The van der Waals surface area contributed by atoms with Gasteiger partial charge in [-0.3, -0.25) is 0 Å². The van der Waals surface area contributed by atoms with Crippen LogP contribution < -0.4 is 5.32 Å². The van der Waals surface area contributed by atoms with Crippen LogP contribution in [0, 0.1) is 5.92 Å². The Hall–Kier alpha value is -0.120. The highest BCUT2D eigenvalue weighted by Gasteiger charge is 2.30. The summed E-state index contributed by atoms with van der Waals surface area (Å²) in [6.45, 7) is 7.42. The molecule has 0 aromatic carbocycles. The van der Waals surface area contributed by atoms with Gasteiger partial charge < -0.3 is 15.1 Å². The van der Waals surface area contributed by atoms with E-state index in [0.717, 1.165) is 18.0 Å². The maximum absolute atomic E-state index is 3.71. The molecule has 3 heteroatoms. The van der Waals surface area contributed by atoms with E-state index < -0.39 is 0 Å². The molecule has 0 bridgehead atoms. The number of rotatable bonds is 6. The van der Waals surface area contributed by atoms with Crippen molar-refractivity contribution in [3.05, 3.63) is 0 Å². The van der Waals surface area contributed by atoms with Crippen LogP contribution in [0.5, 0.6) is 0 Å². The fourth-order valence-electron chi connectivity index (χ4n) is 3.64. The SMILES string of the molecule is CC1CN(CCCNC2CCCC2)CC1N(C)C. The van der Waals surface area contributed by atoms with Gasteiger partial charge in [0.1, 0.15) is 0 Å². The van der Waals surface area contributed by atoms with Gasteiger partial charge in [-0.2, -0.15) is 0 Å². The summed E-state index contributed by atoms with van der Waals surface area (Å²) in [7, 11) is 4.43. The van der Waals surface area contributed by atoms with Crippen LogP contribution in [-0.4, -0.2) is 62.2 Å². The number of hydrogen-bond donors (Lipinski definition) is 1. The second-order valence-electron chi connectivity index (χ2n) is 6.56. The molecule has 2 atom stereocenters. The van der Waals surface area contributed by atoms with E-state index in [0.29, 0.717) is 0 Å². The molecule has 106 valence electrons. The number of likely N-dealkylation sites (tertiary alicyclic amines) is 1. The molecule has 1 saturated carbocycles. The normalized spacial score (nSPS) is 30.7. The van der Waals surface area contributed by atoms with Gasteiger partial charge >= 0.3 is 0 Å². The Kier molecular flexibility index (Phi) is 5.46. The molecule has 0 aromatic rings. The summed E-state index contributed by atoms with van der Waals surface area (Å²) in [5.74, 6) is 0.822. The molecular formula is C15H31N3. The van der Waals surface area contributed by atoms with Crippen LogP contribution in [0.1, 0.15) is 39.0 Å². The van der Waals surface area contributed by atoms with Gasteiger partial charge in [0.25, 0.3) is 0 Å². The quantitative estimate of drug-likeness (QED) is 0.728. The van der Waals surface area contributed by atoms with Crippen LogP contribution in [0.15, 0.2) is 0 Å². The number of likely N-dealkylation sites (N-methyl/N-ethyl adjacent to an activating group) is 1. The third-order valence-corrected chi connectivity index (χ3v) is 4.75. The van der Waals surface area contributed by atoms with E-state index >= 15 is 0 Å². The Bertz CT molecular complexity index is 236. The van der Waals surface area contributed by atoms with Gasteiger partial charge in [0.15, 0.2) is 0 Å². The standard InChI is InChI=1S/C15H31N3/c1-13-11-18(12-15(13)17(2)3)10-6-9-16-14-7-4-5-8-14/h13-16H,4-12H2,1-3H3. The lowest BCUT2D eigenvalue weighted by Gasteiger charge is -2.22. The third kappa shape index (κ3) is 3.94. The van der Waals surface area contributed by atoms with E-state index in [1.807, 2.05) is 0 Å². The van der Waals surface area contributed by atoms with Crippen LogP contribution >= 0.6 is 0 Å². The first-order chi connectivity index (χ1) is 8.66. The highest BCUT2D eigenvalue weighted by molar-refractivity contribution is 4.86. The zero-order chi connectivity index (χ0) is 13.0. The molecule has 2 aliphatic rings. The molecule has 2 fully saturated rings. The maximum atomic E-state index is 3.71. The van der Waals surface area contributed by atoms with Crippen molar-refractivity contribution in [2.24, 2.45) is 5.92 Å². The van der Waals surface area contributed by atoms with Gasteiger partial charge in [0.2, 0.25) is 0 Å². The molecule has 1 aliphatic carbocycles. The molecule has 1 saturated heterocycles. The van der Waals surface area contributed by atoms with Crippen LogP contribution in [0.4, 0.5) is 0 Å². The zero-order valence-electron chi connectivity index (χ0n) is 12.5. The monoisotopic (exact) mass is 253 g/mol. The first-order valence-electron chi connectivity index (χ1n) is 7.79. The van der Waals surface area contributed by atoms with E-state index in [4.69, 9.17) is 0 Å². The third-order valence-electron chi connectivity index (χ3n) is 4.75. The number of nitrogens with one attached hydrogen (secondary N) is 1. The predicted molar refractivity (Wildman–Crippen MR) is 78.0 cm³/mol. The molecule has 0 aromatic heterocycles. The number of hydrogen-bond acceptors (Lipinski definition) is 3. The highest BCUT2D eigenvalue weighted by Crippen LogP contribution is 2.20. The number of nitrogens with zero attached hydrogens (tertiary/aromatic N) is 2. The molecule has 18 heavy (non-hydrogen) atoms. The van der Waals surface area contributed by atoms with Crippen molar-refractivity contribution < 1.29 is 0 Å². The Labute approximate surface area is 113 Å². The van der Waals surface area contributed by atoms with Crippen LogP contribution in [0.2, 0.25) is 0 Å². The summed E-state index contributed by atoms with van der Waals surface area (Å²) in [5, 5.41) is 3.71. The second-order valence-corrected chi connectivity index (χ2v) is 6.56. The largest absolute Gasteiger partial charge is 0.314 e. The summed E-state index contributed by atoms with van der Waals surface area (Å²) in [5.41, 5.74) is 0. The Morgan fingerprint density at radius 2 is 1.89 bits per heavy atom. The predicted octanol–water partition coefficient (Wildman–Crippen LogP) is 1.79. The molecule has 0 spiro atoms. The van der Waals surface area contributed by atoms with Crippen LogP contribution in [0.25, 0.3) is 0 Å². The molecular weight excluding hydrogens is 222 g/mol. The molecule has 2 rings (SSSR count). The first-order valence-corrected chi connectivity index (χ1v) is 7.79. The van der Waals surface area contributed by atoms with Gasteiger partial charge in [-0.1, -0.05) is 19.8 Å². The lowest BCUT2D eigenvalue weighted by molar-refractivity contribution is 0.251. The van der Waals surface area contributed by atoms with Gasteiger partial charge in [0.05, 0.1) is 0 Å². The minimum absolute atomic E-state index is 0.757. The lowest BCUT2D eigenvalue weighted by atomic mass is 10.1. The smallest absolute Gasteiger partial charge is 0.0254 e. The highest BCUT2D eigenvalue weighted by atomic mass is 15.2. The summed E-state index contributed by atoms with van der Waals surface area (Å²) in [6.07, 6.45) is 6.99. The van der Waals surface area contributed by atoms with E-state index in [-0.39, 0.29) is 0 Å². The first kappa shape index (κ1) is 14.3. The maximum Gasteiger partial charge on any atom is 0.0254 e. The van der Waals surface area contributed by atoms with Crippen LogP contribution in [0.3, 0.4) is 0 Å². The minimum Gasteiger partial charge on any atom is -0.314 e. The van der Waals surface area contributed by atoms with Crippen molar-refractivity contribution in [1.29, 1.82) is 0 Å². The van der Waals surface area contributed by atoms with Gasteiger partial charge in [-0.05, 0) is 52.4 Å². The van der Waals surface area contributed by atoms with Crippen molar-refractivity contribution in [1.82, 2.24) is 15.1 Å². The Morgan fingerprint density at radius 1 is 1.17 bits per heavy atom. The summed E-state index contributed by atoms with van der Waals surface area (Å²) in [4.78, 5) is 5.03. The lowest BCUT2D eigenvalue weighted by Crippen LogP contribution is -2.35.